The van der Waals surface area contributed by atoms with Gasteiger partial charge in [0.05, 0.1) is 19.4 Å². The molecule has 0 aliphatic rings. The minimum absolute atomic E-state index is 0.00625. The summed E-state index contributed by atoms with van der Waals surface area (Å²) >= 11 is 5.70. The van der Waals surface area contributed by atoms with E-state index in [0.29, 0.717) is 30.3 Å². The molecule has 0 N–H and O–H groups in total. The Morgan fingerprint density at radius 2 is 1.85 bits per heavy atom. The lowest BCUT2D eigenvalue weighted by atomic mass is 10.1. The molecule has 0 fully saturated rings. The zero-order valence-corrected chi connectivity index (χ0v) is 11.9. The fourth-order valence-corrected chi connectivity index (χ4v) is 1.88. The number of ether oxygens (including phenoxy) is 2. The number of hydrogen-bond acceptors (Lipinski definition) is 4. The number of aromatic nitrogens is 2. The molecule has 2 rings (SSSR count). The first-order chi connectivity index (χ1) is 9.65. The van der Waals surface area contributed by atoms with Crippen LogP contribution in [0.5, 0.6) is 11.5 Å². The summed E-state index contributed by atoms with van der Waals surface area (Å²) in [5.74, 6) is 0.612. The van der Waals surface area contributed by atoms with Crippen molar-refractivity contribution in [2.75, 3.05) is 13.2 Å². The predicted molar refractivity (Wildman–Crippen MR) is 74.8 cm³/mol. The fraction of sp³-hybridized carbons (Fsp3) is 0.286. The lowest BCUT2D eigenvalue weighted by Crippen LogP contribution is -1.99. The van der Waals surface area contributed by atoms with Crippen LogP contribution < -0.4 is 9.47 Å². The van der Waals surface area contributed by atoms with Crippen molar-refractivity contribution in [3.05, 3.63) is 35.5 Å². The Morgan fingerprint density at radius 3 is 2.55 bits per heavy atom. The summed E-state index contributed by atoms with van der Waals surface area (Å²) in [4.78, 5) is 7.50. The molecule has 2 aromatic rings. The van der Waals surface area contributed by atoms with Crippen molar-refractivity contribution in [3.8, 4) is 22.8 Å². The van der Waals surface area contributed by atoms with Gasteiger partial charge in [-0.05, 0) is 43.6 Å². The molecule has 0 unspecified atom stereocenters. The molecule has 1 heterocycles. The minimum atomic E-state index is -0.541. The van der Waals surface area contributed by atoms with Crippen molar-refractivity contribution in [2.24, 2.45) is 0 Å². The fourth-order valence-electron chi connectivity index (χ4n) is 1.75. The summed E-state index contributed by atoms with van der Waals surface area (Å²) in [5.41, 5.74) is 0.688. The van der Waals surface area contributed by atoms with Crippen LogP contribution >= 0.6 is 11.6 Å². The second kappa shape index (κ2) is 6.52. The monoisotopic (exact) mass is 296 g/mol. The van der Waals surface area contributed by atoms with Crippen LogP contribution in [0.1, 0.15) is 13.8 Å². The van der Waals surface area contributed by atoms with E-state index in [-0.39, 0.29) is 11.0 Å². The van der Waals surface area contributed by atoms with Crippen LogP contribution in [0.2, 0.25) is 5.28 Å². The molecule has 0 aliphatic heterocycles. The van der Waals surface area contributed by atoms with Gasteiger partial charge in [0.1, 0.15) is 5.69 Å². The number of nitrogens with zero attached hydrogens (tertiary/aromatic N) is 2. The van der Waals surface area contributed by atoms with E-state index >= 15 is 0 Å². The molecule has 0 bridgehead atoms. The quantitative estimate of drug-likeness (QED) is 0.789. The maximum absolute atomic E-state index is 13.8. The van der Waals surface area contributed by atoms with Crippen LogP contribution in [0.4, 0.5) is 4.39 Å². The molecule has 106 valence electrons. The number of hydrogen-bond donors (Lipinski definition) is 0. The van der Waals surface area contributed by atoms with Crippen LogP contribution in [0, 0.1) is 5.82 Å². The largest absolute Gasteiger partial charge is 0.490 e. The van der Waals surface area contributed by atoms with Gasteiger partial charge in [0.2, 0.25) is 5.28 Å². The summed E-state index contributed by atoms with van der Waals surface area (Å²) in [6, 6.07) is 5.10. The molecule has 0 atom stereocenters. The second-order valence-corrected chi connectivity index (χ2v) is 4.20. The molecule has 6 heteroatoms. The van der Waals surface area contributed by atoms with Crippen LogP contribution in [0.15, 0.2) is 24.4 Å². The molecule has 0 aliphatic carbocycles. The van der Waals surface area contributed by atoms with Crippen molar-refractivity contribution >= 4 is 11.6 Å². The molecule has 0 radical (unpaired) electrons. The Bertz CT molecular complexity index is 608. The zero-order valence-electron chi connectivity index (χ0n) is 11.2. The van der Waals surface area contributed by atoms with Gasteiger partial charge in [-0.2, -0.15) is 0 Å². The van der Waals surface area contributed by atoms with Crippen molar-refractivity contribution in [1.29, 1.82) is 0 Å². The van der Waals surface area contributed by atoms with Gasteiger partial charge in [-0.3, -0.25) is 0 Å². The maximum atomic E-state index is 13.8. The van der Waals surface area contributed by atoms with Gasteiger partial charge in [0, 0.05) is 5.56 Å². The predicted octanol–water partition coefficient (Wildman–Crippen LogP) is 3.73. The SMILES string of the molecule is CCOc1ccc(-c2nc(Cl)ncc2F)cc1OCC. The van der Waals surface area contributed by atoms with Gasteiger partial charge < -0.3 is 9.47 Å². The standard InChI is InChI=1S/C14H14ClFN2O2/c1-3-19-11-6-5-9(7-12(11)20-4-2)13-10(16)8-17-14(15)18-13/h5-8H,3-4H2,1-2H3. The average molecular weight is 297 g/mol. The van der Waals surface area contributed by atoms with Crippen LogP contribution in [0.25, 0.3) is 11.3 Å². The molecule has 1 aromatic heterocycles. The van der Waals surface area contributed by atoms with Gasteiger partial charge in [0.15, 0.2) is 17.3 Å². The van der Waals surface area contributed by atoms with E-state index in [0.717, 1.165) is 6.20 Å². The Morgan fingerprint density at radius 1 is 1.15 bits per heavy atom. The Kier molecular flexibility index (Phi) is 4.74. The van der Waals surface area contributed by atoms with Crippen molar-refractivity contribution in [1.82, 2.24) is 9.97 Å². The highest BCUT2D eigenvalue weighted by molar-refractivity contribution is 6.28. The molecular weight excluding hydrogens is 283 g/mol. The summed E-state index contributed by atoms with van der Waals surface area (Å²) in [5, 5.41) is -0.00625. The Hall–Kier alpha value is -1.88. The molecule has 0 spiro atoms. The molecule has 0 saturated carbocycles. The van der Waals surface area contributed by atoms with E-state index in [1.54, 1.807) is 18.2 Å². The Balaban J connectivity index is 2.46. The molecule has 4 nitrogen and oxygen atoms in total. The minimum Gasteiger partial charge on any atom is -0.490 e. The summed E-state index contributed by atoms with van der Waals surface area (Å²) in [6.07, 6.45) is 1.04. The van der Waals surface area contributed by atoms with E-state index in [1.807, 2.05) is 13.8 Å². The summed E-state index contributed by atoms with van der Waals surface area (Å²) < 4.78 is 24.7. The van der Waals surface area contributed by atoms with Gasteiger partial charge in [0.25, 0.3) is 0 Å². The normalized spacial score (nSPS) is 10.4. The third-order valence-corrected chi connectivity index (χ3v) is 2.71. The summed E-state index contributed by atoms with van der Waals surface area (Å²) in [6.45, 7) is 4.75. The topological polar surface area (TPSA) is 44.2 Å². The molecule has 0 saturated heterocycles. The first-order valence-electron chi connectivity index (χ1n) is 6.23. The van der Waals surface area contributed by atoms with Crippen molar-refractivity contribution in [3.63, 3.8) is 0 Å². The van der Waals surface area contributed by atoms with Crippen molar-refractivity contribution in [2.45, 2.75) is 13.8 Å². The van der Waals surface area contributed by atoms with E-state index in [1.165, 1.54) is 0 Å². The molecule has 1 aromatic carbocycles. The first kappa shape index (κ1) is 14.5. The smallest absolute Gasteiger partial charge is 0.223 e. The van der Waals surface area contributed by atoms with E-state index in [4.69, 9.17) is 21.1 Å². The van der Waals surface area contributed by atoms with Crippen molar-refractivity contribution < 1.29 is 13.9 Å². The first-order valence-corrected chi connectivity index (χ1v) is 6.61. The second-order valence-electron chi connectivity index (χ2n) is 3.86. The lowest BCUT2D eigenvalue weighted by Gasteiger charge is -2.12. The van der Waals surface area contributed by atoms with Crippen LogP contribution in [0.3, 0.4) is 0 Å². The zero-order chi connectivity index (χ0) is 14.5. The van der Waals surface area contributed by atoms with E-state index in [2.05, 4.69) is 9.97 Å². The number of benzene rings is 1. The highest BCUT2D eigenvalue weighted by atomic mass is 35.5. The van der Waals surface area contributed by atoms with Gasteiger partial charge in [-0.1, -0.05) is 0 Å². The van der Waals surface area contributed by atoms with E-state index < -0.39 is 5.82 Å². The molecular formula is C14H14ClFN2O2. The van der Waals surface area contributed by atoms with Crippen LogP contribution in [-0.4, -0.2) is 23.2 Å². The van der Waals surface area contributed by atoms with Gasteiger partial charge in [-0.25, -0.2) is 14.4 Å². The molecule has 0 amide bonds. The highest BCUT2D eigenvalue weighted by Gasteiger charge is 2.12. The third kappa shape index (κ3) is 3.17. The van der Waals surface area contributed by atoms with Crippen LogP contribution in [-0.2, 0) is 0 Å². The summed E-state index contributed by atoms with van der Waals surface area (Å²) in [7, 11) is 0. The third-order valence-electron chi connectivity index (χ3n) is 2.53. The highest BCUT2D eigenvalue weighted by Crippen LogP contribution is 2.33. The lowest BCUT2D eigenvalue weighted by molar-refractivity contribution is 0.288. The average Bonchev–Trinajstić information content (AvgIpc) is 2.44. The number of halogens is 2. The number of rotatable bonds is 5. The van der Waals surface area contributed by atoms with E-state index in [9.17, 15) is 4.39 Å². The Labute approximate surface area is 121 Å². The molecule has 20 heavy (non-hydrogen) atoms. The van der Waals surface area contributed by atoms with Gasteiger partial charge >= 0.3 is 0 Å². The van der Waals surface area contributed by atoms with Gasteiger partial charge in [-0.15, -0.1) is 0 Å². The maximum Gasteiger partial charge on any atom is 0.223 e.